The van der Waals surface area contributed by atoms with Gasteiger partial charge in [-0.1, -0.05) is 11.2 Å². The molecule has 6 rings (SSSR count). The molecule has 7 heteroatoms. The van der Waals surface area contributed by atoms with Crippen molar-refractivity contribution in [2.45, 2.75) is 50.4 Å². The van der Waals surface area contributed by atoms with Crippen LogP contribution in [0.15, 0.2) is 28.8 Å². The quantitative estimate of drug-likeness (QED) is 0.873. The van der Waals surface area contributed by atoms with E-state index in [1.165, 1.54) is 38.2 Å². The summed E-state index contributed by atoms with van der Waals surface area (Å²) in [6, 6.07) is 4.98. The molecule has 4 fully saturated rings. The third kappa shape index (κ3) is 2.73. The Bertz CT molecular complexity index is 812. The highest BCUT2D eigenvalue weighted by molar-refractivity contribution is 5.54. The zero-order valence-electron chi connectivity index (χ0n) is 14.2. The Balaban J connectivity index is 1.29. The number of hydrogen-bond donors (Lipinski definition) is 1. The molecule has 4 aliphatic rings. The van der Waals surface area contributed by atoms with Crippen LogP contribution in [-0.2, 0) is 12.7 Å². The number of aromatic nitrogens is 2. The van der Waals surface area contributed by atoms with Crippen LogP contribution in [-0.4, -0.2) is 15.7 Å². The Kier molecular flexibility index (Phi) is 3.48. The van der Waals surface area contributed by atoms with Crippen LogP contribution in [0.4, 0.5) is 13.2 Å². The van der Waals surface area contributed by atoms with Gasteiger partial charge in [-0.25, -0.2) is 0 Å². The van der Waals surface area contributed by atoms with E-state index < -0.39 is 11.7 Å². The van der Waals surface area contributed by atoms with Gasteiger partial charge in [0.2, 0.25) is 0 Å². The predicted octanol–water partition coefficient (Wildman–Crippen LogP) is 4.42. The zero-order valence-corrected chi connectivity index (χ0v) is 14.2. The summed E-state index contributed by atoms with van der Waals surface area (Å²) in [4.78, 5) is 4.29. The standard InChI is InChI=1S/C19H20F3N3O/c20-19(21,22)15-3-1-2-12(6-15)17-24-16(25-26-17)10-23-18-7-11-4-13(8-18)14(5-11)9-18/h1-3,6,11,13-14,23H,4-5,7-10H2. The van der Waals surface area contributed by atoms with Crippen LogP contribution < -0.4 is 5.32 Å². The molecule has 4 bridgehead atoms. The molecule has 1 heterocycles. The lowest BCUT2D eigenvalue weighted by atomic mass is 9.76. The average Bonchev–Trinajstić information content (AvgIpc) is 3.24. The second kappa shape index (κ2) is 5.55. The maximum absolute atomic E-state index is 12.9. The summed E-state index contributed by atoms with van der Waals surface area (Å²) in [6.07, 6.45) is 2.06. The third-order valence-electron chi connectivity index (χ3n) is 6.45. The molecule has 4 nitrogen and oxygen atoms in total. The summed E-state index contributed by atoms with van der Waals surface area (Å²) < 4.78 is 43.8. The van der Waals surface area contributed by atoms with Crippen LogP contribution in [0.2, 0.25) is 0 Å². The molecular weight excluding hydrogens is 343 g/mol. The van der Waals surface area contributed by atoms with E-state index in [0.717, 1.165) is 29.9 Å². The predicted molar refractivity (Wildman–Crippen MR) is 87.9 cm³/mol. The number of hydrogen-bond acceptors (Lipinski definition) is 4. The molecule has 2 aromatic rings. The summed E-state index contributed by atoms with van der Waals surface area (Å²) in [6.45, 7) is 0.495. The molecule has 0 amide bonds. The van der Waals surface area contributed by atoms with E-state index in [9.17, 15) is 13.2 Å². The summed E-state index contributed by atoms with van der Waals surface area (Å²) in [5, 5.41) is 7.59. The molecule has 1 aromatic carbocycles. The number of nitrogens with zero attached hydrogens (tertiary/aromatic N) is 2. The fourth-order valence-corrected chi connectivity index (χ4v) is 5.57. The van der Waals surface area contributed by atoms with Crippen molar-refractivity contribution in [1.82, 2.24) is 15.5 Å². The van der Waals surface area contributed by atoms with Crippen molar-refractivity contribution < 1.29 is 17.7 Å². The van der Waals surface area contributed by atoms with Gasteiger partial charge >= 0.3 is 6.18 Å². The van der Waals surface area contributed by atoms with Gasteiger partial charge in [0.05, 0.1) is 12.1 Å². The summed E-state index contributed by atoms with van der Waals surface area (Å²) in [5.74, 6) is 3.21. The molecule has 2 unspecified atom stereocenters. The van der Waals surface area contributed by atoms with Crippen molar-refractivity contribution in [3.05, 3.63) is 35.7 Å². The number of nitrogens with one attached hydrogen (secondary N) is 1. The first kappa shape index (κ1) is 16.3. The van der Waals surface area contributed by atoms with E-state index in [1.54, 1.807) is 6.07 Å². The largest absolute Gasteiger partial charge is 0.416 e. The van der Waals surface area contributed by atoms with Gasteiger partial charge in [0.1, 0.15) is 0 Å². The van der Waals surface area contributed by atoms with Crippen molar-refractivity contribution in [3.8, 4) is 11.5 Å². The second-order valence-electron chi connectivity index (χ2n) is 8.20. The first-order valence-electron chi connectivity index (χ1n) is 9.15. The molecule has 138 valence electrons. The number of rotatable bonds is 4. The lowest BCUT2D eigenvalue weighted by molar-refractivity contribution is -0.137. The fourth-order valence-electron chi connectivity index (χ4n) is 5.57. The van der Waals surface area contributed by atoms with E-state index >= 15 is 0 Å². The minimum atomic E-state index is -4.39. The zero-order chi connectivity index (χ0) is 17.9. The van der Waals surface area contributed by atoms with Crippen LogP contribution in [0, 0.1) is 17.8 Å². The Morgan fingerprint density at radius 3 is 2.62 bits per heavy atom. The minimum absolute atomic E-state index is 0.126. The Morgan fingerprint density at radius 2 is 1.92 bits per heavy atom. The highest BCUT2D eigenvalue weighted by atomic mass is 19.4. The summed E-state index contributed by atoms with van der Waals surface area (Å²) in [5.41, 5.74) is -0.227. The van der Waals surface area contributed by atoms with Gasteiger partial charge in [-0.2, -0.15) is 18.2 Å². The van der Waals surface area contributed by atoms with Gasteiger partial charge in [-0.05, 0) is 68.1 Å². The number of alkyl halides is 3. The molecule has 0 saturated heterocycles. The van der Waals surface area contributed by atoms with Crippen LogP contribution >= 0.6 is 0 Å². The van der Waals surface area contributed by atoms with Gasteiger partial charge in [0.15, 0.2) is 5.82 Å². The maximum Gasteiger partial charge on any atom is 0.416 e. The van der Waals surface area contributed by atoms with Gasteiger partial charge < -0.3 is 9.84 Å². The Hall–Kier alpha value is -1.89. The smallest absolute Gasteiger partial charge is 0.334 e. The molecular formula is C19H20F3N3O. The molecule has 4 aliphatic carbocycles. The normalized spacial score (nSPS) is 32.5. The molecule has 0 spiro atoms. The topological polar surface area (TPSA) is 51.0 Å². The van der Waals surface area contributed by atoms with Crippen molar-refractivity contribution >= 4 is 0 Å². The minimum Gasteiger partial charge on any atom is -0.334 e. The summed E-state index contributed by atoms with van der Waals surface area (Å²) >= 11 is 0. The lowest BCUT2D eigenvalue weighted by Crippen LogP contribution is -2.47. The van der Waals surface area contributed by atoms with Gasteiger partial charge in [0.25, 0.3) is 5.89 Å². The number of halogens is 3. The van der Waals surface area contributed by atoms with Crippen LogP contribution in [0.3, 0.4) is 0 Å². The fraction of sp³-hybridized carbons (Fsp3) is 0.579. The molecule has 4 saturated carbocycles. The van der Waals surface area contributed by atoms with Crippen molar-refractivity contribution in [3.63, 3.8) is 0 Å². The summed E-state index contributed by atoms with van der Waals surface area (Å²) in [7, 11) is 0. The first-order chi connectivity index (χ1) is 12.4. The third-order valence-corrected chi connectivity index (χ3v) is 6.45. The van der Waals surface area contributed by atoms with Crippen LogP contribution in [0.1, 0.15) is 43.5 Å². The monoisotopic (exact) mass is 363 g/mol. The van der Waals surface area contributed by atoms with Crippen molar-refractivity contribution in [2.24, 2.45) is 17.8 Å². The number of benzene rings is 1. The van der Waals surface area contributed by atoms with E-state index in [1.807, 2.05) is 0 Å². The molecule has 0 aliphatic heterocycles. The van der Waals surface area contributed by atoms with Gasteiger partial charge in [0, 0.05) is 11.1 Å². The molecule has 1 N–H and O–H groups in total. The molecule has 2 atom stereocenters. The SMILES string of the molecule is FC(F)(F)c1cccc(-c2nc(CNC34CC5CC(C3)C(C5)C4)no2)c1. The van der Waals surface area contributed by atoms with Crippen molar-refractivity contribution in [1.29, 1.82) is 0 Å². The first-order valence-corrected chi connectivity index (χ1v) is 9.15. The molecule has 26 heavy (non-hydrogen) atoms. The lowest BCUT2D eigenvalue weighted by Gasteiger charge is -2.39. The highest BCUT2D eigenvalue weighted by Crippen LogP contribution is 2.59. The average molecular weight is 363 g/mol. The maximum atomic E-state index is 12.9. The Morgan fingerprint density at radius 1 is 1.15 bits per heavy atom. The van der Waals surface area contributed by atoms with E-state index in [4.69, 9.17) is 4.52 Å². The van der Waals surface area contributed by atoms with Crippen molar-refractivity contribution in [2.75, 3.05) is 0 Å². The van der Waals surface area contributed by atoms with E-state index in [0.29, 0.717) is 12.4 Å². The highest BCUT2D eigenvalue weighted by Gasteiger charge is 2.55. The van der Waals surface area contributed by atoms with E-state index in [-0.39, 0.29) is 17.0 Å². The van der Waals surface area contributed by atoms with Gasteiger partial charge in [-0.3, -0.25) is 0 Å². The molecule has 0 radical (unpaired) electrons. The Labute approximate surface area is 149 Å². The second-order valence-corrected chi connectivity index (χ2v) is 8.20. The van der Waals surface area contributed by atoms with Crippen LogP contribution in [0.25, 0.3) is 11.5 Å². The van der Waals surface area contributed by atoms with E-state index in [2.05, 4.69) is 15.5 Å². The van der Waals surface area contributed by atoms with Gasteiger partial charge in [-0.15, -0.1) is 0 Å². The van der Waals surface area contributed by atoms with Crippen LogP contribution in [0.5, 0.6) is 0 Å². The molecule has 1 aromatic heterocycles.